The minimum Gasteiger partial charge on any atom is -0.312 e. The Labute approximate surface area is 127 Å². The number of allylic oxidation sites excluding steroid dienone is 3. The first-order valence-corrected chi connectivity index (χ1v) is 7.69. The van der Waals surface area contributed by atoms with Crippen LogP contribution < -0.4 is 5.32 Å². The predicted octanol–water partition coefficient (Wildman–Crippen LogP) is 4.63. The van der Waals surface area contributed by atoms with E-state index in [2.05, 4.69) is 60.6 Å². The molecule has 0 aliphatic heterocycles. The van der Waals surface area contributed by atoms with Crippen LogP contribution in [-0.4, -0.2) is 11.5 Å². The number of fused-ring (bicyclic) bond motifs is 1. The van der Waals surface area contributed by atoms with Gasteiger partial charge in [0.25, 0.3) is 0 Å². The zero-order valence-corrected chi connectivity index (χ0v) is 13.0. The fourth-order valence-corrected chi connectivity index (χ4v) is 2.41. The van der Waals surface area contributed by atoms with Crippen molar-refractivity contribution in [3.05, 3.63) is 65.9 Å². The van der Waals surface area contributed by atoms with Crippen molar-refractivity contribution in [1.82, 2.24) is 10.3 Å². The Morgan fingerprint density at radius 3 is 2.95 bits per heavy atom. The van der Waals surface area contributed by atoms with E-state index in [0.717, 1.165) is 31.4 Å². The minimum absolute atomic E-state index is 0.868. The highest BCUT2D eigenvalue weighted by Gasteiger charge is 1.98. The van der Waals surface area contributed by atoms with Crippen molar-refractivity contribution in [3.8, 4) is 0 Å². The van der Waals surface area contributed by atoms with Gasteiger partial charge in [0.1, 0.15) is 0 Å². The van der Waals surface area contributed by atoms with Gasteiger partial charge in [-0.2, -0.15) is 0 Å². The third-order valence-electron chi connectivity index (χ3n) is 3.41. The largest absolute Gasteiger partial charge is 0.312 e. The van der Waals surface area contributed by atoms with E-state index in [-0.39, 0.29) is 0 Å². The molecule has 1 aromatic heterocycles. The molecule has 0 aliphatic carbocycles. The van der Waals surface area contributed by atoms with Crippen molar-refractivity contribution in [2.24, 2.45) is 0 Å². The van der Waals surface area contributed by atoms with Crippen LogP contribution in [0.4, 0.5) is 0 Å². The lowest BCUT2D eigenvalue weighted by Gasteiger charge is -2.07. The van der Waals surface area contributed by atoms with Crippen LogP contribution in [0.1, 0.15) is 32.3 Å². The number of nitrogens with one attached hydrogen (secondary N) is 1. The van der Waals surface area contributed by atoms with Gasteiger partial charge in [0, 0.05) is 18.1 Å². The molecule has 2 aromatic rings. The monoisotopic (exact) mass is 280 g/mol. The lowest BCUT2D eigenvalue weighted by Crippen LogP contribution is -2.15. The summed E-state index contributed by atoms with van der Waals surface area (Å²) in [5.74, 6) is 0. The van der Waals surface area contributed by atoms with Gasteiger partial charge in [0.15, 0.2) is 0 Å². The zero-order valence-electron chi connectivity index (χ0n) is 13.0. The second kappa shape index (κ2) is 8.38. The van der Waals surface area contributed by atoms with Crippen LogP contribution in [0.15, 0.2) is 60.3 Å². The first-order chi connectivity index (χ1) is 10.3. The number of hydrogen-bond donors (Lipinski definition) is 1. The van der Waals surface area contributed by atoms with E-state index in [9.17, 15) is 0 Å². The molecule has 0 unspecified atom stereocenters. The maximum Gasteiger partial charge on any atom is 0.0702 e. The van der Waals surface area contributed by atoms with Gasteiger partial charge >= 0.3 is 0 Å². The van der Waals surface area contributed by atoms with Crippen LogP contribution in [0.3, 0.4) is 0 Å². The highest BCUT2D eigenvalue weighted by molar-refractivity contribution is 5.78. The Morgan fingerprint density at radius 2 is 2.14 bits per heavy atom. The first kappa shape index (κ1) is 15.5. The predicted molar refractivity (Wildman–Crippen MR) is 91.3 cm³/mol. The van der Waals surface area contributed by atoms with Gasteiger partial charge in [0.2, 0.25) is 0 Å². The summed E-state index contributed by atoms with van der Waals surface area (Å²) in [5.41, 5.74) is 3.70. The molecule has 0 saturated carbocycles. The summed E-state index contributed by atoms with van der Waals surface area (Å²) >= 11 is 0. The van der Waals surface area contributed by atoms with E-state index >= 15 is 0 Å². The molecule has 0 saturated heterocycles. The number of para-hydroxylation sites is 1. The summed E-state index contributed by atoms with van der Waals surface area (Å²) in [6.45, 7) is 6.10. The van der Waals surface area contributed by atoms with Crippen LogP contribution in [-0.2, 0) is 6.54 Å². The van der Waals surface area contributed by atoms with Crippen LogP contribution >= 0.6 is 0 Å². The molecule has 0 atom stereocenters. The second-order valence-corrected chi connectivity index (χ2v) is 5.15. The SMILES string of the molecule is C/C=C\C(=C/CC)CCNCc1cnc2ccccc2c1. The van der Waals surface area contributed by atoms with E-state index in [0.29, 0.717) is 0 Å². The standard InChI is InChI=1S/C19H24N2/c1-3-7-16(8-4-2)11-12-20-14-17-13-18-9-5-6-10-19(18)21-15-17/h3,5-10,13,15,20H,4,11-12,14H2,1-2H3/b7-3-,16-8+. The molecule has 0 aliphatic rings. The van der Waals surface area contributed by atoms with Crippen molar-refractivity contribution in [1.29, 1.82) is 0 Å². The maximum absolute atomic E-state index is 4.49. The molecular weight excluding hydrogens is 256 g/mol. The molecule has 2 nitrogen and oxygen atoms in total. The summed E-state index contributed by atoms with van der Waals surface area (Å²) < 4.78 is 0. The number of benzene rings is 1. The van der Waals surface area contributed by atoms with Crippen LogP contribution in [0.25, 0.3) is 10.9 Å². The van der Waals surface area contributed by atoms with Gasteiger partial charge in [-0.1, -0.05) is 48.9 Å². The summed E-state index contributed by atoms with van der Waals surface area (Å²) in [4.78, 5) is 4.49. The van der Waals surface area contributed by atoms with Crippen molar-refractivity contribution in [3.63, 3.8) is 0 Å². The molecule has 2 rings (SSSR count). The number of rotatable bonds is 7. The van der Waals surface area contributed by atoms with Crippen LogP contribution in [0.5, 0.6) is 0 Å². The van der Waals surface area contributed by atoms with E-state index < -0.39 is 0 Å². The van der Waals surface area contributed by atoms with Gasteiger partial charge in [-0.3, -0.25) is 4.98 Å². The zero-order chi connectivity index (χ0) is 14.9. The summed E-state index contributed by atoms with van der Waals surface area (Å²) in [5, 5.41) is 4.70. The lowest BCUT2D eigenvalue weighted by atomic mass is 10.1. The molecule has 0 bridgehead atoms. The van der Waals surface area contributed by atoms with Crippen LogP contribution in [0.2, 0.25) is 0 Å². The molecule has 0 radical (unpaired) electrons. The molecule has 0 amide bonds. The second-order valence-electron chi connectivity index (χ2n) is 5.15. The normalized spacial score (nSPS) is 12.4. The van der Waals surface area contributed by atoms with Gasteiger partial charge in [-0.05, 0) is 44.0 Å². The molecular formula is C19H24N2. The third kappa shape index (κ3) is 4.83. The molecule has 21 heavy (non-hydrogen) atoms. The van der Waals surface area contributed by atoms with E-state index in [1.807, 2.05) is 18.3 Å². The molecule has 0 spiro atoms. The Balaban J connectivity index is 1.86. The Hall–Kier alpha value is -1.93. The van der Waals surface area contributed by atoms with Crippen molar-refractivity contribution in [2.75, 3.05) is 6.54 Å². The van der Waals surface area contributed by atoms with E-state index in [1.54, 1.807) is 0 Å². The average Bonchev–Trinajstić information content (AvgIpc) is 2.52. The summed E-state index contributed by atoms with van der Waals surface area (Å²) in [6, 6.07) is 10.5. The Morgan fingerprint density at radius 1 is 1.29 bits per heavy atom. The maximum atomic E-state index is 4.49. The number of hydrogen-bond acceptors (Lipinski definition) is 2. The quantitative estimate of drug-likeness (QED) is 0.591. The van der Waals surface area contributed by atoms with Gasteiger partial charge in [-0.25, -0.2) is 0 Å². The number of nitrogens with zero attached hydrogens (tertiary/aromatic N) is 1. The van der Waals surface area contributed by atoms with Crippen molar-refractivity contribution < 1.29 is 0 Å². The fourth-order valence-electron chi connectivity index (χ4n) is 2.41. The molecule has 2 heteroatoms. The molecule has 1 aromatic carbocycles. The number of pyridine rings is 1. The molecule has 1 N–H and O–H groups in total. The number of aromatic nitrogens is 1. The smallest absolute Gasteiger partial charge is 0.0702 e. The topological polar surface area (TPSA) is 24.9 Å². The summed E-state index contributed by atoms with van der Waals surface area (Å²) in [6.07, 6.45) is 10.7. The fraction of sp³-hybridized carbons (Fsp3) is 0.316. The molecule has 0 fully saturated rings. The van der Waals surface area contributed by atoms with Gasteiger partial charge in [0.05, 0.1) is 5.52 Å². The van der Waals surface area contributed by atoms with Crippen molar-refractivity contribution in [2.45, 2.75) is 33.2 Å². The highest BCUT2D eigenvalue weighted by atomic mass is 14.8. The lowest BCUT2D eigenvalue weighted by molar-refractivity contribution is 0.686. The molecule has 1 heterocycles. The molecule has 110 valence electrons. The van der Waals surface area contributed by atoms with Crippen molar-refractivity contribution >= 4 is 10.9 Å². The third-order valence-corrected chi connectivity index (χ3v) is 3.41. The highest BCUT2D eigenvalue weighted by Crippen LogP contribution is 2.12. The average molecular weight is 280 g/mol. The van der Waals surface area contributed by atoms with Crippen LogP contribution in [0, 0.1) is 0 Å². The first-order valence-electron chi connectivity index (χ1n) is 7.69. The minimum atomic E-state index is 0.868. The Kier molecular flexibility index (Phi) is 6.17. The van der Waals surface area contributed by atoms with E-state index in [1.165, 1.54) is 16.5 Å². The van der Waals surface area contributed by atoms with E-state index in [4.69, 9.17) is 0 Å². The van der Waals surface area contributed by atoms with Gasteiger partial charge in [-0.15, -0.1) is 0 Å². The summed E-state index contributed by atoms with van der Waals surface area (Å²) in [7, 11) is 0. The Bertz CT molecular complexity index is 626. The van der Waals surface area contributed by atoms with Gasteiger partial charge < -0.3 is 5.32 Å².